The fourth-order valence-electron chi connectivity index (χ4n) is 3.84. The molecular weight excluding hydrogens is 342 g/mol. The van der Waals surface area contributed by atoms with Gasteiger partial charge in [0.05, 0.1) is 13.2 Å². The quantitative estimate of drug-likeness (QED) is 0.854. The molecule has 2 saturated heterocycles. The molecule has 1 N–H and O–H groups in total. The molecule has 2 aliphatic rings. The van der Waals surface area contributed by atoms with Crippen molar-refractivity contribution in [2.24, 2.45) is 5.92 Å². The normalized spacial score (nSPS) is 19.7. The number of morpholine rings is 1. The number of ether oxygens (including phenoxy) is 1. The van der Waals surface area contributed by atoms with Gasteiger partial charge in [-0.3, -0.25) is 14.5 Å². The minimum atomic E-state index is -0.0799. The molecule has 3 rings (SSSR count). The number of nitrogens with one attached hydrogen (secondary N) is 1. The summed E-state index contributed by atoms with van der Waals surface area (Å²) in [6.07, 6.45) is 1.45. The number of nitrogens with zero attached hydrogens (tertiary/aromatic N) is 2. The van der Waals surface area contributed by atoms with Crippen LogP contribution in [0.1, 0.15) is 37.0 Å². The van der Waals surface area contributed by atoms with E-state index in [1.54, 1.807) is 0 Å². The first-order chi connectivity index (χ1) is 13.0. The molecule has 27 heavy (non-hydrogen) atoms. The second-order valence-electron chi connectivity index (χ2n) is 8.06. The highest BCUT2D eigenvalue weighted by molar-refractivity contribution is 5.94. The molecule has 0 saturated carbocycles. The van der Waals surface area contributed by atoms with Gasteiger partial charge in [0.15, 0.2) is 0 Å². The van der Waals surface area contributed by atoms with Gasteiger partial charge in [-0.15, -0.1) is 0 Å². The predicted molar refractivity (Wildman–Crippen MR) is 105 cm³/mol. The molecule has 1 aromatic carbocycles. The monoisotopic (exact) mass is 373 g/mol. The maximum absolute atomic E-state index is 12.6. The van der Waals surface area contributed by atoms with Crippen molar-refractivity contribution in [1.82, 2.24) is 15.1 Å². The molecule has 2 amide bonds. The van der Waals surface area contributed by atoms with Crippen LogP contribution < -0.4 is 5.32 Å². The van der Waals surface area contributed by atoms with Crippen molar-refractivity contribution in [2.75, 3.05) is 45.9 Å². The average molecular weight is 373 g/mol. The third kappa shape index (κ3) is 5.08. The smallest absolute Gasteiger partial charge is 0.253 e. The predicted octanol–water partition coefficient (Wildman–Crippen LogP) is 1.77. The number of rotatable bonds is 5. The summed E-state index contributed by atoms with van der Waals surface area (Å²) < 4.78 is 5.42. The second-order valence-corrected chi connectivity index (χ2v) is 8.06. The van der Waals surface area contributed by atoms with E-state index in [9.17, 15) is 9.59 Å². The van der Waals surface area contributed by atoms with Gasteiger partial charge in [-0.1, -0.05) is 18.2 Å². The Morgan fingerprint density at radius 3 is 2.33 bits per heavy atom. The van der Waals surface area contributed by atoms with Crippen molar-refractivity contribution >= 4 is 11.8 Å². The molecular formula is C21H31N3O3. The van der Waals surface area contributed by atoms with E-state index in [-0.39, 0.29) is 23.3 Å². The Balaban J connectivity index is 1.45. The van der Waals surface area contributed by atoms with Crippen molar-refractivity contribution in [3.8, 4) is 0 Å². The van der Waals surface area contributed by atoms with Gasteiger partial charge in [0.2, 0.25) is 5.91 Å². The van der Waals surface area contributed by atoms with Crippen molar-refractivity contribution in [1.29, 1.82) is 0 Å². The summed E-state index contributed by atoms with van der Waals surface area (Å²) in [5.41, 5.74) is 0.635. The zero-order valence-electron chi connectivity index (χ0n) is 16.4. The Morgan fingerprint density at radius 1 is 1.07 bits per heavy atom. The molecule has 0 unspecified atom stereocenters. The molecule has 0 spiro atoms. The van der Waals surface area contributed by atoms with Crippen LogP contribution in [-0.2, 0) is 9.53 Å². The topological polar surface area (TPSA) is 61.9 Å². The van der Waals surface area contributed by atoms with Crippen LogP contribution in [0.15, 0.2) is 30.3 Å². The van der Waals surface area contributed by atoms with E-state index < -0.39 is 0 Å². The summed E-state index contributed by atoms with van der Waals surface area (Å²) in [6, 6.07) is 9.35. The molecule has 0 atom stereocenters. The number of piperidine rings is 1. The van der Waals surface area contributed by atoms with E-state index >= 15 is 0 Å². The minimum Gasteiger partial charge on any atom is -0.379 e. The van der Waals surface area contributed by atoms with Gasteiger partial charge in [-0.25, -0.2) is 0 Å². The van der Waals surface area contributed by atoms with Gasteiger partial charge in [-0.05, 0) is 38.8 Å². The van der Waals surface area contributed by atoms with Crippen LogP contribution in [0.4, 0.5) is 0 Å². The summed E-state index contributed by atoms with van der Waals surface area (Å²) in [5, 5.41) is 3.14. The minimum absolute atomic E-state index is 0.00897. The summed E-state index contributed by atoms with van der Waals surface area (Å²) in [6.45, 7) is 9.56. The number of carbonyl (C=O) groups is 2. The zero-order chi connectivity index (χ0) is 19.3. The van der Waals surface area contributed by atoms with Crippen LogP contribution in [-0.4, -0.2) is 73.1 Å². The standard InChI is InChI=1S/C21H31N3O3/c1-21(2,24-12-14-27-15-13-24)16-22-19(25)17-8-10-23(11-9-17)20(26)18-6-4-3-5-7-18/h3-7,17H,8-16H2,1-2H3,(H,22,25). The van der Waals surface area contributed by atoms with Gasteiger partial charge in [-0.2, -0.15) is 0 Å². The lowest BCUT2D eigenvalue weighted by atomic mass is 9.94. The van der Waals surface area contributed by atoms with E-state index in [4.69, 9.17) is 4.74 Å². The third-order valence-electron chi connectivity index (χ3n) is 5.74. The van der Waals surface area contributed by atoms with Gasteiger partial charge < -0.3 is 15.0 Å². The van der Waals surface area contributed by atoms with Crippen molar-refractivity contribution in [3.05, 3.63) is 35.9 Å². The lowest BCUT2D eigenvalue weighted by Gasteiger charge is -2.41. The fourth-order valence-corrected chi connectivity index (χ4v) is 3.84. The Labute approximate surface area is 161 Å². The van der Waals surface area contributed by atoms with Gasteiger partial charge >= 0.3 is 0 Å². The SMILES string of the molecule is CC(C)(CNC(=O)C1CCN(C(=O)c2ccccc2)CC1)N1CCOCC1. The van der Waals surface area contributed by atoms with Gasteiger partial charge in [0, 0.05) is 49.7 Å². The maximum atomic E-state index is 12.6. The molecule has 0 radical (unpaired) electrons. The second kappa shape index (κ2) is 8.85. The lowest BCUT2D eigenvalue weighted by Crippen LogP contribution is -2.56. The molecule has 2 aliphatic heterocycles. The maximum Gasteiger partial charge on any atom is 0.253 e. The van der Waals surface area contributed by atoms with E-state index in [2.05, 4.69) is 24.1 Å². The summed E-state index contributed by atoms with van der Waals surface area (Å²) in [4.78, 5) is 29.4. The van der Waals surface area contributed by atoms with Crippen molar-refractivity contribution < 1.29 is 14.3 Å². The summed E-state index contributed by atoms with van der Waals surface area (Å²) in [7, 11) is 0. The largest absolute Gasteiger partial charge is 0.379 e. The highest BCUT2D eigenvalue weighted by atomic mass is 16.5. The molecule has 148 valence electrons. The van der Waals surface area contributed by atoms with E-state index in [0.717, 1.165) is 39.1 Å². The van der Waals surface area contributed by atoms with Crippen LogP contribution in [0, 0.1) is 5.92 Å². The number of benzene rings is 1. The lowest BCUT2D eigenvalue weighted by molar-refractivity contribution is -0.127. The number of hydrogen-bond acceptors (Lipinski definition) is 4. The number of likely N-dealkylation sites (tertiary alicyclic amines) is 1. The van der Waals surface area contributed by atoms with Crippen LogP contribution in [0.2, 0.25) is 0 Å². The first-order valence-corrected chi connectivity index (χ1v) is 9.92. The van der Waals surface area contributed by atoms with Crippen LogP contribution in [0.5, 0.6) is 0 Å². The van der Waals surface area contributed by atoms with Gasteiger partial charge in [0.1, 0.15) is 0 Å². The molecule has 1 aromatic rings. The molecule has 6 nitrogen and oxygen atoms in total. The molecule has 0 aromatic heterocycles. The summed E-state index contributed by atoms with van der Waals surface area (Å²) >= 11 is 0. The Bertz CT molecular complexity index is 633. The van der Waals surface area contributed by atoms with Crippen molar-refractivity contribution in [3.63, 3.8) is 0 Å². The number of hydrogen-bond donors (Lipinski definition) is 1. The highest BCUT2D eigenvalue weighted by Crippen LogP contribution is 2.20. The molecule has 6 heteroatoms. The van der Waals surface area contributed by atoms with Crippen LogP contribution in [0.3, 0.4) is 0 Å². The molecule has 2 fully saturated rings. The van der Waals surface area contributed by atoms with Crippen molar-refractivity contribution in [2.45, 2.75) is 32.2 Å². The Morgan fingerprint density at radius 2 is 1.70 bits per heavy atom. The third-order valence-corrected chi connectivity index (χ3v) is 5.74. The highest BCUT2D eigenvalue weighted by Gasteiger charge is 2.31. The number of amides is 2. The molecule has 2 heterocycles. The average Bonchev–Trinajstić information content (AvgIpc) is 2.73. The van der Waals surface area contributed by atoms with E-state index in [1.807, 2.05) is 35.2 Å². The van der Waals surface area contributed by atoms with Crippen LogP contribution in [0.25, 0.3) is 0 Å². The van der Waals surface area contributed by atoms with E-state index in [1.165, 1.54) is 0 Å². The fraction of sp³-hybridized carbons (Fsp3) is 0.619. The molecule has 0 aliphatic carbocycles. The van der Waals surface area contributed by atoms with E-state index in [0.29, 0.717) is 25.2 Å². The Hall–Kier alpha value is -1.92. The van der Waals surface area contributed by atoms with Crippen LogP contribution >= 0.6 is 0 Å². The zero-order valence-corrected chi connectivity index (χ0v) is 16.4. The first-order valence-electron chi connectivity index (χ1n) is 9.92. The number of carbonyl (C=O) groups excluding carboxylic acids is 2. The summed E-state index contributed by atoms with van der Waals surface area (Å²) in [5.74, 6) is 0.163. The van der Waals surface area contributed by atoms with Gasteiger partial charge in [0.25, 0.3) is 5.91 Å². The first kappa shape index (κ1) is 19.8. The Kier molecular flexibility index (Phi) is 6.50. The molecule has 0 bridgehead atoms.